The molecule has 3 aliphatic rings. The summed E-state index contributed by atoms with van der Waals surface area (Å²) < 4.78 is 29.2. The number of nitrogens with zero attached hydrogens (tertiary/aromatic N) is 2. The lowest BCUT2D eigenvalue weighted by Crippen LogP contribution is -2.53. The predicted molar refractivity (Wildman–Crippen MR) is 160 cm³/mol. The Labute approximate surface area is 236 Å². The number of aryl methyl sites for hydroxylation is 1. The second-order valence-corrected chi connectivity index (χ2v) is 13.8. The molecule has 40 heavy (non-hydrogen) atoms. The molecule has 0 aliphatic carbocycles. The van der Waals surface area contributed by atoms with E-state index in [1.807, 2.05) is 37.0 Å². The van der Waals surface area contributed by atoms with Crippen molar-refractivity contribution in [2.24, 2.45) is 0 Å². The van der Waals surface area contributed by atoms with Gasteiger partial charge in [-0.15, -0.1) is 0 Å². The molecule has 2 aromatic rings. The Morgan fingerprint density at radius 3 is 2.42 bits per heavy atom. The van der Waals surface area contributed by atoms with E-state index in [0.717, 1.165) is 60.1 Å². The molecule has 10 heteroatoms. The molecule has 3 saturated heterocycles. The predicted octanol–water partition coefficient (Wildman–Crippen LogP) is 3.58. The number of hydrogen-bond acceptors (Lipinski definition) is 7. The van der Waals surface area contributed by atoms with Crippen LogP contribution in [-0.4, -0.2) is 92.1 Å². The van der Waals surface area contributed by atoms with Crippen molar-refractivity contribution in [2.45, 2.75) is 65.0 Å². The Bertz CT molecular complexity index is 1440. The van der Waals surface area contributed by atoms with Gasteiger partial charge in [-0.2, -0.15) is 0 Å². The largest absolute Gasteiger partial charge is 0.381 e. The number of amides is 1. The summed E-state index contributed by atoms with van der Waals surface area (Å²) >= 11 is 0. The number of anilines is 1. The number of ether oxygens (including phenoxy) is 1. The van der Waals surface area contributed by atoms with Gasteiger partial charge in [0, 0.05) is 62.4 Å². The molecule has 2 N–H and O–H groups in total. The van der Waals surface area contributed by atoms with Gasteiger partial charge in [-0.25, -0.2) is 8.42 Å². The number of piperazine rings is 1. The molecule has 0 unspecified atom stereocenters. The van der Waals surface area contributed by atoms with E-state index in [9.17, 15) is 18.0 Å². The molecule has 0 saturated carbocycles. The van der Waals surface area contributed by atoms with E-state index in [0.29, 0.717) is 50.3 Å². The van der Waals surface area contributed by atoms with Crippen molar-refractivity contribution >= 4 is 38.4 Å². The summed E-state index contributed by atoms with van der Waals surface area (Å²) in [6.07, 6.45) is 5.87. The minimum atomic E-state index is -2.89. The van der Waals surface area contributed by atoms with Crippen molar-refractivity contribution < 1.29 is 17.9 Å². The van der Waals surface area contributed by atoms with Crippen LogP contribution in [0, 0.1) is 6.92 Å². The van der Waals surface area contributed by atoms with Gasteiger partial charge in [0.15, 0.2) is 0 Å². The highest BCUT2D eigenvalue weighted by Crippen LogP contribution is 2.31. The van der Waals surface area contributed by atoms with Gasteiger partial charge in [-0.3, -0.25) is 14.5 Å². The summed E-state index contributed by atoms with van der Waals surface area (Å²) in [5.74, 6) is 0.512. The molecule has 5 rings (SSSR count). The van der Waals surface area contributed by atoms with Crippen LogP contribution < -0.4 is 10.9 Å². The number of hydrogen-bond donors (Lipinski definition) is 2. The lowest BCUT2D eigenvalue weighted by atomic mass is 9.98. The van der Waals surface area contributed by atoms with Crippen LogP contribution in [0.2, 0.25) is 0 Å². The van der Waals surface area contributed by atoms with E-state index in [1.165, 1.54) is 0 Å². The maximum absolute atomic E-state index is 13.8. The zero-order valence-corrected chi connectivity index (χ0v) is 24.7. The molecular formula is C30H42N4O5S. The lowest BCUT2D eigenvalue weighted by Gasteiger charge is -2.40. The first-order chi connectivity index (χ1) is 19.1. The van der Waals surface area contributed by atoms with Gasteiger partial charge in [0.2, 0.25) is 0 Å². The minimum absolute atomic E-state index is 0.00433. The molecule has 218 valence electrons. The zero-order chi connectivity index (χ0) is 28.4. The van der Waals surface area contributed by atoms with Crippen LogP contribution in [0.4, 0.5) is 5.69 Å². The summed E-state index contributed by atoms with van der Waals surface area (Å²) in [5, 5.41) is 4.50. The number of carbonyl (C=O) groups is 1. The molecule has 9 nitrogen and oxygen atoms in total. The Morgan fingerprint density at radius 1 is 1.10 bits per heavy atom. The first kappa shape index (κ1) is 28.8. The zero-order valence-electron chi connectivity index (χ0n) is 23.9. The van der Waals surface area contributed by atoms with Crippen LogP contribution in [0.5, 0.6) is 0 Å². The van der Waals surface area contributed by atoms with Crippen LogP contribution in [-0.2, 0) is 14.6 Å². The van der Waals surface area contributed by atoms with E-state index >= 15 is 0 Å². The van der Waals surface area contributed by atoms with Gasteiger partial charge >= 0.3 is 0 Å². The number of H-pyrrole nitrogens is 1. The van der Waals surface area contributed by atoms with Crippen LogP contribution in [0.15, 0.2) is 22.5 Å². The average molecular weight is 571 g/mol. The highest BCUT2D eigenvalue weighted by Gasteiger charge is 2.31. The van der Waals surface area contributed by atoms with Crippen LogP contribution in [0.25, 0.3) is 17.0 Å². The van der Waals surface area contributed by atoms with Crippen LogP contribution in [0.1, 0.15) is 67.4 Å². The van der Waals surface area contributed by atoms with Crippen molar-refractivity contribution in [1.29, 1.82) is 0 Å². The van der Waals surface area contributed by atoms with Crippen molar-refractivity contribution in [1.82, 2.24) is 14.8 Å². The van der Waals surface area contributed by atoms with E-state index in [1.54, 1.807) is 0 Å². The van der Waals surface area contributed by atoms with Gasteiger partial charge in [-0.1, -0.05) is 12.5 Å². The number of carbonyl (C=O) groups excluding carboxylic acids is 1. The molecule has 3 fully saturated rings. The van der Waals surface area contributed by atoms with Gasteiger partial charge in [0.05, 0.1) is 28.3 Å². The number of allylic oxidation sites excluding steroid dienone is 1. The number of nitrogens with one attached hydrogen (secondary N) is 2. The topological polar surface area (TPSA) is 112 Å². The maximum atomic E-state index is 13.8. The molecule has 0 spiro atoms. The summed E-state index contributed by atoms with van der Waals surface area (Å²) in [5.41, 5.74) is 4.55. The van der Waals surface area contributed by atoms with E-state index in [4.69, 9.17) is 4.74 Å². The quantitative estimate of drug-likeness (QED) is 0.546. The second kappa shape index (κ2) is 12.0. The Morgan fingerprint density at radius 2 is 1.77 bits per heavy atom. The number of rotatable bonds is 6. The lowest BCUT2D eigenvalue weighted by molar-refractivity contribution is 0.0557. The SMILES string of the molecule is CC/C(C)=C\c1c(NC2CCOCC2)c2cc(C(=O)N3CCN(C4CCS(=O)(=O)CC4)CC3)c(C)cc2[nH]c1=O. The number of sulfone groups is 1. The molecule has 1 aromatic carbocycles. The smallest absolute Gasteiger partial charge is 0.257 e. The Balaban J connectivity index is 1.43. The Kier molecular flexibility index (Phi) is 8.68. The standard InChI is InChI=1S/C30H42N4O5S/c1-4-20(2)17-26-28(31-22-5-13-39-14-6-22)25-19-24(21(3)18-27(25)32-29(26)35)30(36)34-11-9-33(10-12-34)23-7-15-40(37,38)16-8-23/h17-19,22-23H,4-16H2,1-3H3,(H2,31,32,35)/b20-17-. The molecular weight excluding hydrogens is 528 g/mol. The number of pyridine rings is 1. The van der Waals surface area contributed by atoms with Gasteiger partial charge in [0.25, 0.3) is 11.5 Å². The molecule has 0 bridgehead atoms. The molecule has 0 radical (unpaired) electrons. The molecule has 3 aliphatic heterocycles. The highest BCUT2D eigenvalue weighted by molar-refractivity contribution is 7.91. The fraction of sp³-hybridized carbons (Fsp3) is 0.600. The molecule has 0 atom stereocenters. The Hall–Kier alpha value is -2.69. The summed E-state index contributed by atoms with van der Waals surface area (Å²) in [6, 6.07) is 4.33. The third kappa shape index (κ3) is 6.29. The minimum Gasteiger partial charge on any atom is -0.381 e. The first-order valence-corrected chi connectivity index (χ1v) is 16.4. The fourth-order valence-electron chi connectivity index (χ4n) is 6.09. The van der Waals surface area contributed by atoms with Gasteiger partial charge in [-0.05, 0) is 69.7 Å². The molecule has 1 amide bonds. The number of fused-ring (bicyclic) bond motifs is 1. The number of benzene rings is 1. The van der Waals surface area contributed by atoms with E-state index < -0.39 is 9.84 Å². The van der Waals surface area contributed by atoms with Crippen molar-refractivity contribution in [3.8, 4) is 0 Å². The van der Waals surface area contributed by atoms with Crippen LogP contribution in [0.3, 0.4) is 0 Å². The number of aromatic amines is 1. The van der Waals surface area contributed by atoms with E-state index in [-0.39, 0.29) is 35.1 Å². The first-order valence-electron chi connectivity index (χ1n) is 14.6. The third-order valence-corrected chi connectivity index (χ3v) is 10.5. The van der Waals surface area contributed by atoms with Crippen LogP contribution >= 0.6 is 0 Å². The molecule has 4 heterocycles. The van der Waals surface area contributed by atoms with E-state index in [2.05, 4.69) is 22.1 Å². The maximum Gasteiger partial charge on any atom is 0.257 e. The summed E-state index contributed by atoms with van der Waals surface area (Å²) in [4.78, 5) is 34.4. The summed E-state index contributed by atoms with van der Waals surface area (Å²) in [7, 11) is -2.89. The third-order valence-electron chi connectivity index (χ3n) is 8.79. The average Bonchev–Trinajstić information content (AvgIpc) is 2.95. The number of aromatic nitrogens is 1. The normalized spacial score (nSPS) is 21.6. The highest BCUT2D eigenvalue weighted by atomic mass is 32.2. The second-order valence-electron chi connectivity index (χ2n) is 11.5. The monoisotopic (exact) mass is 570 g/mol. The fourth-order valence-corrected chi connectivity index (χ4v) is 7.55. The van der Waals surface area contributed by atoms with Crippen molar-refractivity contribution in [3.05, 3.63) is 44.7 Å². The van der Waals surface area contributed by atoms with Gasteiger partial charge in [0.1, 0.15) is 9.84 Å². The van der Waals surface area contributed by atoms with Gasteiger partial charge < -0.3 is 19.9 Å². The summed E-state index contributed by atoms with van der Waals surface area (Å²) in [6.45, 7) is 10.1. The molecule has 1 aromatic heterocycles. The van der Waals surface area contributed by atoms with Crippen molar-refractivity contribution in [2.75, 3.05) is 56.2 Å². The van der Waals surface area contributed by atoms with Crippen molar-refractivity contribution in [3.63, 3.8) is 0 Å².